The predicted octanol–water partition coefficient (Wildman–Crippen LogP) is 2.41. The third-order valence-corrected chi connectivity index (χ3v) is 3.38. The highest BCUT2D eigenvalue weighted by Crippen LogP contribution is 2.27. The SMILES string of the molecule is N#Cc1ccc(SCCO)c(Br)c1. The zero-order chi connectivity index (χ0) is 9.68. The molecule has 0 atom stereocenters. The second-order valence-corrected chi connectivity index (χ2v) is 4.32. The monoisotopic (exact) mass is 257 g/mol. The van der Waals surface area contributed by atoms with Gasteiger partial charge in [-0.15, -0.1) is 11.8 Å². The standard InChI is InChI=1S/C9H8BrNOS/c10-8-5-7(6-11)1-2-9(8)13-4-3-12/h1-2,5,12H,3-4H2. The summed E-state index contributed by atoms with van der Waals surface area (Å²) in [6.07, 6.45) is 0. The Morgan fingerprint density at radius 2 is 2.31 bits per heavy atom. The molecule has 0 aliphatic heterocycles. The minimum absolute atomic E-state index is 0.164. The zero-order valence-corrected chi connectivity index (χ0v) is 9.23. The number of thioether (sulfide) groups is 1. The van der Waals surface area contributed by atoms with Gasteiger partial charge < -0.3 is 5.11 Å². The molecular formula is C9H8BrNOS. The van der Waals surface area contributed by atoms with Gasteiger partial charge in [0.15, 0.2) is 0 Å². The highest BCUT2D eigenvalue weighted by Gasteiger charge is 2.00. The molecule has 1 aromatic rings. The summed E-state index contributed by atoms with van der Waals surface area (Å²) >= 11 is 4.92. The molecule has 0 unspecified atom stereocenters. The van der Waals surface area contributed by atoms with Crippen LogP contribution in [0.15, 0.2) is 27.6 Å². The topological polar surface area (TPSA) is 44.0 Å². The van der Waals surface area contributed by atoms with E-state index in [0.717, 1.165) is 9.37 Å². The van der Waals surface area contributed by atoms with E-state index in [2.05, 4.69) is 22.0 Å². The molecule has 0 bridgehead atoms. The molecule has 4 heteroatoms. The molecule has 0 saturated heterocycles. The van der Waals surface area contributed by atoms with E-state index in [1.807, 2.05) is 6.07 Å². The van der Waals surface area contributed by atoms with Crippen LogP contribution in [0.2, 0.25) is 0 Å². The largest absolute Gasteiger partial charge is 0.396 e. The van der Waals surface area contributed by atoms with E-state index >= 15 is 0 Å². The quantitative estimate of drug-likeness (QED) is 0.846. The first-order valence-electron chi connectivity index (χ1n) is 3.71. The van der Waals surface area contributed by atoms with Crippen molar-refractivity contribution < 1.29 is 5.11 Å². The molecule has 0 aromatic heterocycles. The van der Waals surface area contributed by atoms with E-state index in [-0.39, 0.29) is 6.61 Å². The van der Waals surface area contributed by atoms with Crippen molar-refractivity contribution in [3.8, 4) is 6.07 Å². The van der Waals surface area contributed by atoms with Gasteiger partial charge in [0.2, 0.25) is 0 Å². The van der Waals surface area contributed by atoms with Crippen molar-refractivity contribution in [2.45, 2.75) is 4.90 Å². The molecule has 0 spiro atoms. The minimum Gasteiger partial charge on any atom is -0.396 e. The van der Waals surface area contributed by atoms with Gasteiger partial charge in [-0.2, -0.15) is 5.26 Å². The van der Waals surface area contributed by atoms with Gasteiger partial charge >= 0.3 is 0 Å². The van der Waals surface area contributed by atoms with Crippen LogP contribution < -0.4 is 0 Å². The van der Waals surface area contributed by atoms with Crippen LogP contribution in [-0.4, -0.2) is 17.5 Å². The molecule has 0 aliphatic rings. The molecule has 1 aromatic carbocycles. The fraction of sp³-hybridized carbons (Fsp3) is 0.222. The van der Waals surface area contributed by atoms with Gasteiger partial charge in [0.25, 0.3) is 0 Å². The van der Waals surface area contributed by atoms with Gasteiger partial charge in [-0.25, -0.2) is 0 Å². The number of rotatable bonds is 3. The van der Waals surface area contributed by atoms with Crippen molar-refractivity contribution in [2.75, 3.05) is 12.4 Å². The lowest BCUT2D eigenvalue weighted by molar-refractivity contribution is 0.322. The maximum atomic E-state index is 8.63. The van der Waals surface area contributed by atoms with Crippen molar-refractivity contribution in [1.29, 1.82) is 5.26 Å². The van der Waals surface area contributed by atoms with Crippen LogP contribution >= 0.6 is 27.7 Å². The molecule has 0 heterocycles. The second-order valence-electron chi connectivity index (χ2n) is 2.33. The van der Waals surface area contributed by atoms with Gasteiger partial charge in [-0.1, -0.05) is 0 Å². The molecule has 0 aliphatic carbocycles. The van der Waals surface area contributed by atoms with Crippen LogP contribution in [0.1, 0.15) is 5.56 Å². The number of hydrogen-bond acceptors (Lipinski definition) is 3. The van der Waals surface area contributed by atoms with E-state index in [1.165, 1.54) is 0 Å². The van der Waals surface area contributed by atoms with Crippen molar-refractivity contribution in [3.05, 3.63) is 28.2 Å². The molecule has 68 valence electrons. The average Bonchev–Trinajstić information content (AvgIpc) is 2.16. The van der Waals surface area contributed by atoms with E-state index in [1.54, 1.807) is 23.9 Å². The number of benzene rings is 1. The number of hydrogen-bond donors (Lipinski definition) is 1. The summed E-state index contributed by atoms with van der Waals surface area (Å²) in [5.41, 5.74) is 0.639. The minimum atomic E-state index is 0.164. The Bertz CT molecular complexity index is 335. The fourth-order valence-electron chi connectivity index (χ4n) is 0.843. The Morgan fingerprint density at radius 1 is 1.54 bits per heavy atom. The van der Waals surface area contributed by atoms with Crippen LogP contribution in [0.4, 0.5) is 0 Å². The second kappa shape index (κ2) is 5.28. The summed E-state index contributed by atoms with van der Waals surface area (Å²) in [6.45, 7) is 0.164. The third kappa shape index (κ3) is 3.03. The van der Waals surface area contributed by atoms with Gasteiger partial charge in [-0.05, 0) is 34.1 Å². The summed E-state index contributed by atoms with van der Waals surface area (Å²) in [5, 5.41) is 17.2. The normalized spacial score (nSPS) is 9.62. The molecule has 0 saturated carbocycles. The maximum Gasteiger partial charge on any atom is 0.0992 e. The first-order chi connectivity index (χ1) is 6.27. The molecular weight excluding hydrogens is 250 g/mol. The Morgan fingerprint density at radius 3 is 2.85 bits per heavy atom. The Labute approximate surface area is 89.7 Å². The molecule has 0 amide bonds. The van der Waals surface area contributed by atoms with E-state index in [9.17, 15) is 0 Å². The lowest BCUT2D eigenvalue weighted by Crippen LogP contribution is -1.86. The van der Waals surface area contributed by atoms with Crippen LogP contribution in [0.3, 0.4) is 0 Å². The fourth-order valence-corrected chi connectivity index (χ4v) is 2.24. The molecule has 2 nitrogen and oxygen atoms in total. The third-order valence-electron chi connectivity index (χ3n) is 1.41. The lowest BCUT2D eigenvalue weighted by atomic mass is 10.2. The van der Waals surface area contributed by atoms with E-state index in [4.69, 9.17) is 10.4 Å². The van der Waals surface area contributed by atoms with E-state index in [0.29, 0.717) is 11.3 Å². The Kier molecular flexibility index (Phi) is 4.29. The smallest absolute Gasteiger partial charge is 0.0992 e. The van der Waals surface area contributed by atoms with Crippen LogP contribution in [0.5, 0.6) is 0 Å². The molecule has 13 heavy (non-hydrogen) atoms. The molecule has 0 radical (unpaired) electrons. The molecule has 0 fully saturated rings. The predicted molar refractivity (Wildman–Crippen MR) is 56.7 cm³/mol. The van der Waals surface area contributed by atoms with Crippen LogP contribution in [-0.2, 0) is 0 Å². The van der Waals surface area contributed by atoms with Crippen molar-refractivity contribution in [2.24, 2.45) is 0 Å². The highest BCUT2D eigenvalue weighted by molar-refractivity contribution is 9.10. The summed E-state index contributed by atoms with van der Waals surface area (Å²) in [5.74, 6) is 0.671. The highest BCUT2D eigenvalue weighted by atomic mass is 79.9. The first kappa shape index (κ1) is 10.6. The molecule has 1 N–H and O–H groups in total. The summed E-state index contributed by atoms with van der Waals surface area (Å²) in [4.78, 5) is 1.05. The number of nitriles is 1. The van der Waals surface area contributed by atoms with Gasteiger partial charge in [0, 0.05) is 15.1 Å². The number of aliphatic hydroxyl groups excluding tert-OH is 1. The van der Waals surface area contributed by atoms with Gasteiger partial charge in [0.05, 0.1) is 18.2 Å². The van der Waals surface area contributed by atoms with E-state index < -0.39 is 0 Å². The van der Waals surface area contributed by atoms with Crippen LogP contribution in [0.25, 0.3) is 0 Å². The zero-order valence-electron chi connectivity index (χ0n) is 6.83. The summed E-state index contributed by atoms with van der Waals surface area (Å²) in [6, 6.07) is 7.49. The van der Waals surface area contributed by atoms with Gasteiger partial charge in [-0.3, -0.25) is 0 Å². The van der Waals surface area contributed by atoms with Crippen LogP contribution in [0, 0.1) is 11.3 Å². The average molecular weight is 258 g/mol. The summed E-state index contributed by atoms with van der Waals surface area (Å²) in [7, 11) is 0. The van der Waals surface area contributed by atoms with Gasteiger partial charge in [0.1, 0.15) is 0 Å². The van der Waals surface area contributed by atoms with Crippen molar-refractivity contribution >= 4 is 27.7 Å². The van der Waals surface area contributed by atoms with Crippen molar-refractivity contribution in [1.82, 2.24) is 0 Å². The maximum absolute atomic E-state index is 8.63. The summed E-state index contributed by atoms with van der Waals surface area (Å²) < 4.78 is 0.907. The molecule has 1 rings (SSSR count). The Hall–Kier alpha value is -0.500. The van der Waals surface area contributed by atoms with Crippen molar-refractivity contribution in [3.63, 3.8) is 0 Å². The first-order valence-corrected chi connectivity index (χ1v) is 5.49. The number of nitrogens with zero attached hydrogens (tertiary/aromatic N) is 1. The lowest BCUT2D eigenvalue weighted by Gasteiger charge is -2.02. The number of aliphatic hydroxyl groups is 1. The Balaban J connectivity index is 2.81. The number of halogens is 1.